The van der Waals surface area contributed by atoms with Gasteiger partial charge in [-0.05, 0) is 37.3 Å². The second-order valence-electron chi connectivity index (χ2n) is 4.98. The van der Waals surface area contributed by atoms with Gasteiger partial charge in [-0.2, -0.15) is 0 Å². The van der Waals surface area contributed by atoms with Crippen LogP contribution >= 0.6 is 11.6 Å². The highest BCUT2D eigenvalue weighted by Crippen LogP contribution is 2.25. The second kappa shape index (κ2) is 5.42. The summed E-state index contributed by atoms with van der Waals surface area (Å²) in [4.78, 5) is 21.3. The van der Waals surface area contributed by atoms with Gasteiger partial charge < -0.3 is 9.88 Å². The Bertz CT molecular complexity index is 855. The zero-order valence-corrected chi connectivity index (χ0v) is 12.8. The average Bonchev–Trinajstić information content (AvgIpc) is 2.85. The number of carbonyl (C=O) groups is 1. The van der Waals surface area contributed by atoms with Crippen molar-refractivity contribution in [2.24, 2.45) is 0 Å². The third-order valence-electron chi connectivity index (χ3n) is 3.45. The van der Waals surface area contributed by atoms with E-state index in [9.17, 15) is 9.18 Å². The first kappa shape index (κ1) is 14.5. The van der Waals surface area contributed by atoms with Gasteiger partial charge in [0.15, 0.2) is 0 Å². The molecule has 3 rings (SSSR count). The largest absolute Gasteiger partial charge is 0.342 e. The van der Waals surface area contributed by atoms with E-state index in [0.29, 0.717) is 5.69 Å². The van der Waals surface area contributed by atoms with Crippen LogP contribution in [0.25, 0.3) is 11.0 Å². The molecular weight excluding hydrogens is 305 g/mol. The molecule has 1 N–H and O–H groups in total. The lowest BCUT2D eigenvalue weighted by Crippen LogP contribution is -2.27. The van der Waals surface area contributed by atoms with Crippen LogP contribution in [0, 0.1) is 12.7 Å². The van der Waals surface area contributed by atoms with Gasteiger partial charge in [0.2, 0.25) is 0 Å². The zero-order chi connectivity index (χ0) is 15.9. The molecule has 1 amide bonds. The van der Waals surface area contributed by atoms with Gasteiger partial charge in [0.1, 0.15) is 11.6 Å². The third-order valence-corrected chi connectivity index (χ3v) is 3.77. The van der Waals surface area contributed by atoms with E-state index in [2.05, 4.69) is 9.97 Å². The first-order valence-electron chi connectivity index (χ1n) is 6.66. The number of halogens is 2. The fourth-order valence-corrected chi connectivity index (χ4v) is 2.56. The number of imidazole rings is 1. The highest BCUT2D eigenvalue weighted by molar-refractivity contribution is 6.34. The topological polar surface area (TPSA) is 49.0 Å². The highest BCUT2D eigenvalue weighted by Gasteiger charge is 2.21. The molecule has 0 aliphatic rings. The first-order chi connectivity index (χ1) is 10.5. The van der Waals surface area contributed by atoms with Crippen LogP contribution < -0.4 is 4.90 Å². The minimum atomic E-state index is -0.636. The Balaban J connectivity index is 2.01. The van der Waals surface area contributed by atoms with Crippen molar-refractivity contribution in [3.05, 3.63) is 58.6 Å². The third kappa shape index (κ3) is 2.44. The lowest BCUT2D eigenvalue weighted by atomic mass is 10.1. The number of aromatic nitrogens is 2. The SMILES string of the molecule is Cc1nc2ccc(N(C)C(=O)c3c(F)cccc3Cl)cc2[nH]1. The monoisotopic (exact) mass is 317 g/mol. The second-order valence-corrected chi connectivity index (χ2v) is 5.39. The number of rotatable bonds is 2. The number of H-pyrrole nitrogens is 1. The Labute approximate surface area is 131 Å². The van der Waals surface area contributed by atoms with Crippen LogP contribution in [-0.4, -0.2) is 22.9 Å². The molecule has 0 unspecified atom stereocenters. The normalized spacial score (nSPS) is 10.9. The average molecular weight is 318 g/mol. The van der Waals surface area contributed by atoms with Gasteiger partial charge in [0.05, 0.1) is 21.6 Å². The molecule has 0 fully saturated rings. The summed E-state index contributed by atoms with van der Waals surface area (Å²) in [6, 6.07) is 9.54. The Kier molecular flexibility index (Phi) is 3.58. The zero-order valence-electron chi connectivity index (χ0n) is 12.0. The highest BCUT2D eigenvalue weighted by atomic mass is 35.5. The predicted octanol–water partition coefficient (Wildman–Crippen LogP) is 3.94. The van der Waals surface area contributed by atoms with Crippen LogP contribution in [0.3, 0.4) is 0 Å². The molecule has 0 aliphatic carbocycles. The minimum absolute atomic E-state index is 0.0929. The summed E-state index contributed by atoms with van der Waals surface area (Å²) in [7, 11) is 1.58. The number of hydrogen-bond donors (Lipinski definition) is 1. The number of amides is 1. The van der Waals surface area contributed by atoms with Crippen LogP contribution in [-0.2, 0) is 0 Å². The minimum Gasteiger partial charge on any atom is -0.342 e. The van der Waals surface area contributed by atoms with Crippen molar-refractivity contribution < 1.29 is 9.18 Å². The van der Waals surface area contributed by atoms with Crippen molar-refractivity contribution in [3.8, 4) is 0 Å². The summed E-state index contributed by atoms with van der Waals surface area (Å²) in [5, 5.41) is 0.0929. The molecule has 0 spiro atoms. The van der Waals surface area contributed by atoms with Gasteiger partial charge in [-0.1, -0.05) is 17.7 Å². The van der Waals surface area contributed by atoms with Gasteiger partial charge in [-0.15, -0.1) is 0 Å². The number of nitrogens with one attached hydrogen (secondary N) is 1. The van der Waals surface area contributed by atoms with Crippen molar-refractivity contribution in [2.45, 2.75) is 6.92 Å². The lowest BCUT2D eigenvalue weighted by molar-refractivity contribution is 0.0989. The number of nitrogens with zero attached hydrogens (tertiary/aromatic N) is 2. The summed E-state index contributed by atoms with van der Waals surface area (Å²) in [5.41, 5.74) is 2.12. The number of benzene rings is 2. The van der Waals surface area contributed by atoms with Crippen LogP contribution in [0.5, 0.6) is 0 Å². The number of fused-ring (bicyclic) bond motifs is 1. The van der Waals surface area contributed by atoms with Crippen LogP contribution in [0.2, 0.25) is 5.02 Å². The molecular formula is C16H13ClFN3O. The van der Waals surface area contributed by atoms with Crippen LogP contribution in [0.1, 0.15) is 16.2 Å². The lowest BCUT2D eigenvalue weighted by Gasteiger charge is -2.18. The Morgan fingerprint density at radius 2 is 2.09 bits per heavy atom. The number of anilines is 1. The standard InChI is InChI=1S/C16H13ClFN3O/c1-9-19-13-7-6-10(8-14(13)20-9)21(2)16(22)15-11(17)4-3-5-12(15)18/h3-8H,1-2H3,(H,19,20). The van der Waals surface area contributed by atoms with E-state index in [4.69, 9.17) is 11.6 Å². The summed E-state index contributed by atoms with van der Waals surface area (Å²) < 4.78 is 13.9. The van der Waals surface area contributed by atoms with E-state index in [0.717, 1.165) is 16.9 Å². The number of aryl methyl sites for hydroxylation is 1. The quantitative estimate of drug-likeness (QED) is 0.778. The molecule has 3 aromatic rings. The number of carbonyl (C=O) groups excluding carboxylic acids is 1. The van der Waals surface area contributed by atoms with Crippen molar-refractivity contribution in [1.82, 2.24) is 9.97 Å². The summed E-state index contributed by atoms with van der Waals surface area (Å²) >= 11 is 5.95. The Morgan fingerprint density at radius 3 is 2.82 bits per heavy atom. The van der Waals surface area contributed by atoms with Crippen molar-refractivity contribution in [2.75, 3.05) is 11.9 Å². The summed E-state index contributed by atoms with van der Waals surface area (Å²) in [6.07, 6.45) is 0. The maximum Gasteiger partial charge on any atom is 0.262 e. The van der Waals surface area contributed by atoms with Crippen molar-refractivity contribution in [1.29, 1.82) is 0 Å². The van der Waals surface area contributed by atoms with Crippen molar-refractivity contribution in [3.63, 3.8) is 0 Å². The van der Waals surface area contributed by atoms with E-state index in [1.54, 1.807) is 25.2 Å². The molecule has 6 heteroatoms. The molecule has 0 bridgehead atoms. The molecule has 2 aromatic carbocycles. The molecule has 1 heterocycles. The van der Waals surface area contributed by atoms with E-state index in [1.807, 2.05) is 6.92 Å². The smallest absolute Gasteiger partial charge is 0.262 e. The van der Waals surface area contributed by atoms with Crippen molar-refractivity contribution >= 4 is 34.2 Å². The van der Waals surface area contributed by atoms with E-state index in [-0.39, 0.29) is 10.6 Å². The van der Waals surface area contributed by atoms with Gasteiger partial charge in [-0.3, -0.25) is 4.79 Å². The number of hydrogen-bond acceptors (Lipinski definition) is 2. The number of aromatic amines is 1. The van der Waals surface area contributed by atoms with E-state index >= 15 is 0 Å². The maximum absolute atomic E-state index is 13.9. The molecule has 22 heavy (non-hydrogen) atoms. The molecule has 112 valence electrons. The van der Waals surface area contributed by atoms with Gasteiger partial charge in [-0.25, -0.2) is 9.37 Å². The van der Waals surface area contributed by atoms with Crippen LogP contribution in [0.4, 0.5) is 10.1 Å². The van der Waals surface area contributed by atoms with Gasteiger partial charge >= 0.3 is 0 Å². The molecule has 1 aromatic heterocycles. The summed E-state index contributed by atoms with van der Waals surface area (Å²) in [6.45, 7) is 1.85. The molecule has 0 saturated heterocycles. The maximum atomic E-state index is 13.9. The van der Waals surface area contributed by atoms with Crippen LogP contribution in [0.15, 0.2) is 36.4 Å². The predicted molar refractivity (Wildman–Crippen MR) is 85.0 cm³/mol. The van der Waals surface area contributed by atoms with Gasteiger partial charge in [0, 0.05) is 12.7 Å². The van der Waals surface area contributed by atoms with E-state index < -0.39 is 11.7 Å². The molecule has 0 radical (unpaired) electrons. The molecule has 0 atom stereocenters. The first-order valence-corrected chi connectivity index (χ1v) is 7.03. The van der Waals surface area contributed by atoms with E-state index in [1.165, 1.54) is 23.1 Å². The molecule has 0 saturated carbocycles. The fraction of sp³-hybridized carbons (Fsp3) is 0.125. The Morgan fingerprint density at radius 1 is 1.32 bits per heavy atom. The fourth-order valence-electron chi connectivity index (χ4n) is 2.32. The Hall–Kier alpha value is -2.40. The molecule has 0 aliphatic heterocycles. The van der Waals surface area contributed by atoms with Gasteiger partial charge in [0.25, 0.3) is 5.91 Å². The summed E-state index contributed by atoms with van der Waals surface area (Å²) in [5.74, 6) is -0.347. The molecule has 4 nitrogen and oxygen atoms in total.